The smallest absolute Gasteiger partial charge is 0.142 e. The number of carbonyl (C=O) groups is 1. The molecular weight excluding hydrogens is 340 g/mol. The van der Waals surface area contributed by atoms with Gasteiger partial charge < -0.3 is 0 Å². The lowest BCUT2D eigenvalue weighted by molar-refractivity contribution is -0.104. The van der Waals surface area contributed by atoms with Gasteiger partial charge in [0.15, 0.2) is 0 Å². The van der Waals surface area contributed by atoms with E-state index >= 15 is 0 Å². The van der Waals surface area contributed by atoms with Crippen LogP contribution in [0.25, 0.3) is 6.08 Å². The second-order valence-electron chi connectivity index (χ2n) is 8.29. The van der Waals surface area contributed by atoms with Gasteiger partial charge in [-0.2, -0.15) is 0 Å². The first kappa shape index (κ1) is 24.7. The van der Waals surface area contributed by atoms with Gasteiger partial charge in [0.25, 0.3) is 0 Å². The predicted octanol–water partition coefficient (Wildman–Crippen LogP) is 8.70. The van der Waals surface area contributed by atoms with Crippen LogP contribution in [0.15, 0.2) is 30.3 Å². The minimum atomic E-state index is 0.824. The Labute approximate surface area is 175 Å². The third kappa shape index (κ3) is 14.7. The Bertz CT molecular complexity index is 485. The molecule has 0 amide bonds. The molecule has 1 nitrogen and oxygen atoms in total. The van der Waals surface area contributed by atoms with Crippen LogP contribution in [0.2, 0.25) is 0 Å². The lowest BCUT2D eigenvalue weighted by Crippen LogP contribution is -1.87. The molecule has 0 aliphatic carbocycles. The van der Waals surface area contributed by atoms with Gasteiger partial charge in [-0.05, 0) is 30.0 Å². The van der Waals surface area contributed by atoms with E-state index in [-0.39, 0.29) is 0 Å². The number of hydrogen-bond acceptors (Lipinski definition) is 1. The van der Waals surface area contributed by atoms with Gasteiger partial charge in [-0.15, -0.1) is 0 Å². The van der Waals surface area contributed by atoms with Gasteiger partial charge in [0.05, 0.1) is 0 Å². The van der Waals surface area contributed by atoms with Crippen molar-refractivity contribution in [1.29, 1.82) is 0 Å². The highest BCUT2D eigenvalue weighted by atomic mass is 16.1. The molecule has 0 bridgehead atoms. The predicted molar refractivity (Wildman–Crippen MR) is 125 cm³/mol. The topological polar surface area (TPSA) is 17.1 Å². The fourth-order valence-electron chi connectivity index (χ4n) is 3.82. The summed E-state index contributed by atoms with van der Waals surface area (Å²) >= 11 is 0. The van der Waals surface area contributed by atoms with Gasteiger partial charge in [-0.1, -0.05) is 134 Å². The summed E-state index contributed by atoms with van der Waals surface area (Å²) in [4.78, 5) is 10.3. The third-order valence-electron chi connectivity index (χ3n) is 5.67. The number of unbranched alkanes of at least 4 members (excludes halogenated alkanes) is 15. The summed E-state index contributed by atoms with van der Waals surface area (Å²) in [6.45, 7) is 2.29. The van der Waals surface area contributed by atoms with Crippen molar-refractivity contribution in [3.05, 3.63) is 41.5 Å². The molecule has 0 saturated carbocycles. The van der Waals surface area contributed by atoms with Crippen LogP contribution in [-0.4, -0.2) is 6.29 Å². The van der Waals surface area contributed by atoms with Crippen molar-refractivity contribution in [3.8, 4) is 0 Å². The molecule has 0 aliphatic heterocycles. The summed E-state index contributed by atoms with van der Waals surface area (Å²) in [7, 11) is 0. The van der Waals surface area contributed by atoms with Crippen molar-refractivity contribution in [2.45, 2.75) is 116 Å². The van der Waals surface area contributed by atoms with Crippen LogP contribution < -0.4 is 0 Å². The molecule has 1 aromatic rings. The quantitative estimate of drug-likeness (QED) is 0.132. The molecule has 1 aromatic carbocycles. The minimum Gasteiger partial charge on any atom is -0.299 e. The number of rotatable bonds is 19. The molecule has 0 radical (unpaired) electrons. The van der Waals surface area contributed by atoms with Crippen LogP contribution in [0.1, 0.15) is 121 Å². The van der Waals surface area contributed by atoms with E-state index in [1.165, 1.54) is 115 Å². The zero-order valence-electron chi connectivity index (χ0n) is 18.5. The van der Waals surface area contributed by atoms with E-state index in [0.717, 1.165) is 11.8 Å². The van der Waals surface area contributed by atoms with Crippen molar-refractivity contribution < 1.29 is 4.79 Å². The molecule has 1 heteroatoms. The van der Waals surface area contributed by atoms with Crippen molar-refractivity contribution in [3.63, 3.8) is 0 Å². The largest absolute Gasteiger partial charge is 0.299 e. The van der Waals surface area contributed by atoms with Crippen molar-refractivity contribution in [2.24, 2.45) is 0 Å². The number of hydrogen-bond donors (Lipinski definition) is 0. The Morgan fingerprint density at radius 3 is 1.46 bits per heavy atom. The second-order valence-corrected chi connectivity index (χ2v) is 8.29. The third-order valence-corrected chi connectivity index (χ3v) is 5.67. The molecule has 0 fully saturated rings. The van der Waals surface area contributed by atoms with E-state index < -0.39 is 0 Å². The minimum absolute atomic E-state index is 0.824. The van der Waals surface area contributed by atoms with E-state index in [1.807, 2.05) is 6.08 Å². The van der Waals surface area contributed by atoms with Gasteiger partial charge >= 0.3 is 0 Å². The summed E-state index contributed by atoms with van der Waals surface area (Å²) in [6.07, 6.45) is 28.1. The summed E-state index contributed by atoms with van der Waals surface area (Å²) in [6, 6.07) is 8.58. The number of aryl methyl sites for hydroxylation is 1. The summed E-state index contributed by atoms with van der Waals surface area (Å²) in [5, 5.41) is 0. The maximum atomic E-state index is 10.3. The fraction of sp³-hybridized carbons (Fsp3) is 0.667. The standard InChI is InChI=1S/C27H44O/c1-2-3-4-5-6-7-8-9-10-11-12-13-14-15-16-17-19-26-21-23-27(24-22-26)20-18-25-28/h18,20-25H,2-17,19H2,1H3. The average molecular weight is 385 g/mol. The molecule has 0 unspecified atom stereocenters. The number of benzene rings is 1. The zero-order valence-corrected chi connectivity index (χ0v) is 18.5. The highest BCUT2D eigenvalue weighted by molar-refractivity contribution is 5.73. The molecule has 28 heavy (non-hydrogen) atoms. The molecule has 0 spiro atoms. The van der Waals surface area contributed by atoms with Crippen molar-refractivity contribution >= 4 is 12.4 Å². The van der Waals surface area contributed by atoms with Crippen LogP contribution in [-0.2, 0) is 11.2 Å². The van der Waals surface area contributed by atoms with Gasteiger partial charge in [0.2, 0.25) is 0 Å². The fourth-order valence-corrected chi connectivity index (χ4v) is 3.82. The zero-order chi connectivity index (χ0) is 20.1. The summed E-state index contributed by atoms with van der Waals surface area (Å²) < 4.78 is 0. The Morgan fingerprint density at radius 2 is 1.04 bits per heavy atom. The monoisotopic (exact) mass is 384 g/mol. The van der Waals surface area contributed by atoms with Crippen LogP contribution >= 0.6 is 0 Å². The van der Waals surface area contributed by atoms with Crippen molar-refractivity contribution in [2.75, 3.05) is 0 Å². The highest BCUT2D eigenvalue weighted by Gasteiger charge is 1.96. The lowest BCUT2D eigenvalue weighted by Gasteiger charge is -2.04. The van der Waals surface area contributed by atoms with Crippen LogP contribution in [0, 0.1) is 0 Å². The molecule has 0 aliphatic rings. The van der Waals surface area contributed by atoms with Gasteiger partial charge in [-0.25, -0.2) is 0 Å². The van der Waals surface area contributed by atoms with Crippen LogP contribution in [0.4, 0.5) is 0 Å². The summed E-state index contributed by atoms with van der Waals surface area (Å²) in [5.41, 5.74) is 2.51. The van der Waals surface area contributed by atoms with E-state index in [2.05, 4.69) is 31.2 Å². The number of allylic oxidation sites excluding steroid dienone is 1. The second kappa shape index (κ2) is 19.0. The van der Waals surface area contributed by atoms with Crippen LogP contribution in [0.5, 0.6) is 0 Å². The van der Waals surface area contributed by atoms with Gasteiger partial charge in [-0.3, -0.25) is 4.79 Å². The van der Waals surface area contributed by atoms with Crippen LogP contribution in [0.3, 0.4) is 0 Å². The average Bonchev–Trinajstić information content (AvgIpc) is 2.73. The Kier molecular flexibility index (Phi) is 16.7. The molecular formula is C27H44O. The summed E-state index contributed by atoms with van der Waals surface area (Å²) in [5.74, 6) is 0. The maximum Gasteiger partial charge on any atom is 0.142 e. The van der Waals surface area contributed by atoms with E-state index in [0.29, 0.717) is 0 Å². The van der Waals surface area contributed by atoms with Gasteiger partial charge in [0.1, 0.15) is 6.29 Å². The highest BCUT2D eigenvalue weighted by Crippen LogP contribution is 2.15. The molecule has 0 heterocycles. The lowest BCUT2D eigenvalue weighted by atomic mass is 10.0. The SMILES string of the molecule is CCCCCCCCCCCCCCCCCCc1ccc(C=CC=O)cc1. The molecule has 0 saturated heterocycles. The first-order chi connectivity index (χ1) is 13.9. The van der Waals surface area contributed by atoms with Crippen molar-refractivity contribution in [1.82, 2.24) is 0 Å². The normalized spacial score (nSPS) is 11.3. The Hall–Kier alpha value is -1.37. The molecule has 1 rings (SSSR count). The Morgan fingerprint density at radius 1 is 0.607 bits per heavy atom. The van der Waals surface area contributed by atoms with E-state index in [9.17, 15) is 4.79 Å². The number of aldehydes is 1. The number of carbonyl (C=O) groups excluding carboxylic acids is 1. The van der Waals surface area contributed by atoms with E-state index in [4.69, 9.17) is 0 Å². The van der Waals surface area contributed by atoms with Gasteiger partial charge in [0, 0.05) is 0 Å². The first-order valence-electron chi connectivity index (χ1n) is 12.1. The molecule has 0 aromatic heterocycles. The molecule has 0 atom stereocenters. The maximum absolute atomic E-state index is 10.3. The molecule has 158 valence electrons. The molecule has 0 N–H and O–H groups in total. The first-order valence-corrected chi connectivity index (χ1v) is 12.1. The Balaban J connectivity index is 1.83. The van der Waals surface area contributed by atoms with E-state index in [1.54, 1.807) is 6.08 Å².